The second-order valence-corrected chi connectivity index (χ2v) is 15.0. The zero-order chi connectivity index (χ0) is 37.3. The van der Waals surface area contributed by atoms with Crippen molar-refractivity contribution in [2.75, 3.05) is 13.1 Å². The van der Waals surface area contributed by atoms with E-state index in [9.17, 15) is 19.5 Å². The summed E-state index contributed by atoms with van der Waals surface area (Å²) in [5.41, 5.74) is 2.39. The first-order valence-electron chi connectivity index (χ1n) is 18.1. The topological polar surface area (TPSA) is 146 Å². The van der Waals surface area contributed by atoms with E-state index in [2.05, 4.69) is 25.9 Å². The highest BCUT2D eigenvalue weighted by atomic mass is 16.5. The Hall–Kier alpha value is -4.71. The zero-order valence-electron chi connectivity index (χ0n) is 30.8. The van der Waals surface area contributed by atoms with Crippen LogP contribution >= 0.6 is 0 Å². The van der Waals surface area contributed by atoms with Gasteiger partial charge >= 0.3 is 0 Å². The fraction of sp³-hybridized carbons (Fsp3) is 0.439. The number of aliphatic hydroxyl groups excluding tert-OH is 1. The Morgan fingerprint density at radius 2 is 1.63 bits per heavy atom. The number of carbonyl (C=O) groups excluding carboxylic acids is 3. The monoisotopic (exact) mass is 708 g/mol. The molecule has 4 aromatic rings. The number of para-hydroxylation sites is 1. The number of piperidine rings is 1. The molecule has 3 heterocycles. The van der Waals surface area contributed by atoms with Gasteiger partial charge in [-0.25, -0.2) is 4.98 Å². The van der Waals surface area contributed by atoms with Crippen molar-refractivity contribution in [3.05, 3.63) is 108 Å². The second kappa shape index (κ2) is 17.7. The van der Waals surface area contributed by atoms with Crippen molar-refractivity contribution in [2.45, 2.75) is 96.4 Å². The summed E-state index contributed by atoms with van der Waals surface area (Å²) in [5.74, 6) is -1.25. The molecule has 1 unspecified atom stereocenters. The Balaban J connectivity index is 1.31. The van der Waals surface area contributed by atoms with Gasteiger partial charge in [-0.1, -0.05) is 68.4 Å². The molecule has 0 saturated carbocycles. The largest absolute Gasteiger partial charge is 0.390 e. The van der Waals surface area contributed by atoms with Crippen LogP contribution in [0.3, 0.4) is 0 Å². The number of nitrogens with zero attached hydrogens (tertiary/aromatic N) is 3. The normalized spacial score (nSPS) is 18.4. The maximum absolute atomic E-state index is 14.0. The van der Waals surface area contributed by atoms with Crippen molar-refractivity contribution in [2.24, 2.45) is 5.92 Å². The molecule has 11 heteroatoms. The molecule has 0 bridgehead atoms. The maximum atomic E-state index is 14.0. The summed E-state index contributed by atoms with van der Waals surface area (Å²) in [6, 6.07) is 22.3. The van der Waals surface area contributed by atoms with E-state index in [4.69, 9.17) is 4.74 Å². The Labute approximate surface area is 306 Å². The number of hydrogen-bond acceptors (Lipinski definition) is 8. The highest BCUT2D eigenvalue weighted by Crippen LogP contribution is 2.24. The number of ether oxygens (including phenoxy) is 1. The number of rotatable bonds is 14. The van der Waals surface area contributed by atoms with E-state index in [1.54, 1.807) is 18.5 Å². The molecular weight excluding hydrogens is 656 g/mol. The number of aliphatic hydroxyl groups is 1. The second-order valence-electron chi connectivity index (χ2n) is 15.0. The van der Waals surface area contributed by atoms with Crippen LogP contribution in [0.1, 0.15) is 69.1 Å². The molecule has 0 radical (unpaired) electrons. The molecule has 3 amide bonds. The quantitative estimate of drug-likeness (QED) is 0.151. The molecule has 1 aliphatic rings. The zero-order valence-corrected chi connectivity index (χ0v) is 30.8. The third kappa shape index (κ3) is 10.9. The predicted molar refractivity (Wildman–Crippen MR) is 201 cm³/mol. The lowest BCUT2D eigenvalue weighted by Gasteiger charge is -2.41. The number of nitrogens with one attached hydrogen (secondary N) is 3. The average molecular weight is 709 g/mol. The van der Waals surface area contributed by atoms with Gasteiger partial charge in [-0.15, -0.1) is 0 Å². The number of β-amino-alcohol motifs (C(OH)–C–C–N with tert-alkyl or cyclic N) is 1. The van der Waals surface area contributed by atoms with Gasteiger partial charge in [-0.2, -0.15) is 0 Å². The lowest BCUT2D eigenvalue weighted by molar-refractivity contribution is -0.134. The Bertz CT molecular complexity index is 1780. The molecule has 5 atom stereocenters. The number of fused-ring (bicyclic) bond motifs is 1. The minimum Gasteiger partial charge on any atom is -0.390 e. The van der Waals surface area contributed by atoms with Gasteiger partial charge in [0.15, 0.2) is 0 Å². The molecule has 0 aliphatic carbocycles. The third-order valence-electron chi connectivity index (χ3n) is 9.28. The first kappa shape index (κ1) is 38.5. The highest BCUT2D eigenvalue weighted by Gasteiger charge is 2.38. The lowest BCUT2D eigenvalue weighted by Crippen LogP contribution is -2.60. The molecule has 2 aromatic carbocycles. The number of aromatic nitrogens is 2. The fourth-order valence-electron chi connectivity index (χ4n) is 6.50. The molecule has 0 spiro atoms. The maximum Gasteiger partial charge on any atom is 0.270 e. The van der Waals surface area contributed by atoms with E-state index in [-0.39, 0.29) is 30.2 Å². The van der Waals surface area contributed by atoms with Gasteiger partial charge in [0.25, 0.3) is 5.91 Å². The molecule has 11 nitrogen and oxygen atoms in total. The molecule has 2 aromatic heterocycles. The molecule has 5 rings (SSSR count). The summed E-state index contributed by atoms with van der Waals surface area (Å²) in [5, 5.41) is 21.9. The van der Waals surface area contributed by atoms with Crippen LogP contribution in [0.2, 0.25) is 0 Å². The smallest absolute Gasteiger partial charge is 0.270 e. The van der Waals surface area contributed by atoms with Gasteiger partial charge in [0.1, 0.15) is 11.7 Å². The molecule has 4 N–H and O–H groups in total. The number of pyridine rings is 2. The molecule has 52 heavy (non-hydrogen) atoms. The van der Waals surface area contributed by atoms with Crippen molar-refractivity contribution in [3.8, 4) is 0 Å². The van der Waals surface area contributed by atoms with Gasteiger partial charge < -0.3 is 25.8 Å². The summed E-state index contributed by atoms with van der Waals surface area (Å²) >= 11 is 0. The van der Waals surface area contributed by atoms with Crippen molar-refractivity contribution in [3.63, 3.8) is 0 Å². The van der Waals surface area contributed by atoms with Crippen molar-refractivity contribution in [1.82, 2.24) is 30.8 Å². The van der Waals surface area contributed by atoms with Gasteiger partial charge in [-0.3, -0.25) is 24.3 Å². The third-order valence-corrected chi connectivity index (χ3v) is 9.28. The lowest BCUT2D eigenvalue weighted by atomic mass is 9.94. The van der Waals surface area contributed by atoms with Gasteiger partial charge in [-0.05, 0) is 81.3 Å². The SMILES string of the molecule is CC(C)[C@H](NC(=O)c1ccc2ccccc2n1)C(=O)N[C@@H](Cc1ccccc1)[C@H](O)CN1CC[C@@H](OCc2ccncc2)CC1C(=O)NC(C)(C)C. The molecule has 1 saturated heterocycles. The van der Waals surface area contributed by atoms with Crippen LogP contribution < -0.4 is 16.0 Å². The fourth-order valence-corrected chi connectivity index (χ4v) is 6.50. The van der Waals surface area contributed by atoms with Gasteiger partial charge in [0, 0.05) is 36.4 Å². The van der Waals surface area contributed by atoms with E-state index >= 15 is 0 Å². The van der Waals surface area contributed by atoms with Gasteiger partial charge in [0.2, 0.25) is 11.8 Å². The Morgan fingerprint density at radius 1 is 0.923 bits per heavy atom. The van der Waals surface area contributed by atoms with E-state index in [1.807, 2.05) is 112 Å². The number of amides is 3. The van der Waals surface area contributed by atoms with E-state index in [0.717, 1.165) is 16.5 Å². The summed E-state index contributed by atoms with van der Waals surface area (Å²) in [7, 11) is 0. The number of hydrogen-bond donors (Lipinski definition) is 4. The number of benzene rings is 2. The summed E-state index contributed by atoms with van der Waals surface area (Å²) in [6.45, 7) is 10.6. The average Bonchev–Trinajstić information content (AvgIpc) is 3.12. The Morgan fingerprint density at radius 3 is 2.35 bits per heavy atom. The molecule has 1 aliphatic heterocycles. The number of carbonyl (C=O) groups is 3. The minimum absolute atomic E-state index is 0.134. The van der Waals surface area contributed by atoms with E-state index in [0.29, 0.717) is 37.9 Å². The van der Waals surface area contributed by atoms with Crippen LogP contribution in [0.15, 0.2) is 91.3 Å². The van der Waals surface area contributed by atoms with Crippen LogP contribution in [-0.4, -0.2) is 86.7 Å². The minimum atomic E-state index is -1.03. The van der Waals surface area contributed by atoms with Crippen molar-refractivity contribution < 1.29 is 24.2 Å². The summed E-state index contributed by atoms with van der Waals surface area (Å²) in [6.07, 6.45) is 3.76. The van der Waals surface area contributed by atoms with E-state index in [1.165, 1.54) is 0 Å². The summed E-state index contributed by atoms with van der Waals surface area (Å²) in [4.78, 5) is 51.6. The van der Waals surface area contributed by atoms with Gasteiger partial charge in [0.05, 0.1) is 36.4 Å². The number of likely N-dealkylation sites (tertiary alicyclic amines) is 1. The van der Waals surface area contributed by atoms with Crippen LogP contribution in [0.4, 0.5) is 0 Å². The summed E-state index contributed by atoms with van der Waals surface area (Å²) < 4.78 is 6.25. The van der Waals surface area contributed by atoms with Crippen molar-refractivity contribution >= 4 is 28.6 Å². The van der Waals surface area contributed by atoms with Crippen molar-refractivity contribution in [1.29, 1.82) is 0 Å². The van der Waals surface area contributed by atoms with Crippen LogP contribution in [0.5, 0.6) is 0 Å². The first-order valence-corrected chi connectivity index (χ1v) is 18.1. The van der Waals surface area contributed by atoms with Crippen LogP contribution in [0.25, 0.3) is 10.9 Å². The first-order chi connectivity index (χ1) is 24.9. The molecular formula is C41H52N6O5. The van der Waals surface area contributed by atoms with Crippen LogP contribution in [0, 0.1) is 5.92 Å². The van der Waals surface area contributed by atoms with Crippen LogP contribution in [-0.2, 0) is 27.4 Å². The Kier molecular flexibility index (Phi) is 13.1. The van der Waals surface area contributed by atoms with E-state index < -0.39 is 41.6 Å². The standard InChI is InChI=1S/C41H52N6O5/c1-27(2)37(45-38(49)33-16-15-30-13-9-10-14-32(30)43-33)40(51)44-34(23-28-11-7-6-8-12-28)36(48)25-47-22-19-31(52-26-29-17-20-42-21-18-29)24-35(47)39(50)46-41(3,4)5/h6-18,20-21,27,31,34-37,48H,19,22-26H2,1-5H3,(H,44,51)(H,45,49)(H,46,50)/t31-,34+,35?,36-,37+/m1/s1. The molecule has 276 valence electrons. The molecule has 1 fully saturated rings. The predicted octanol–water partition coefficient (Wildman–Crippen LogP) is 4.44. The highest BCUT2D eigenvalue weighted by molar-refractivity contribution is 5.98.